The minimum atomic E-state index is -1.35. The van der Waals surface area contributed by atoms with Crippen molar-refractivity contribution in [3.8, 4) is 10.6 Å². The van der Waals surface area contributed by atoms with Gasteiger partial charge in [0.15, 0.2) is 0 Å². The van der Waals surface area contributed by atoms with Crippen molar-refractivity contribution in [2.24, 2.45) is 5.73 Å². The van der Waals surface area contributed by atoms with Gasteiger partial charge in [0.25, 0.3) is 0 Å². The van der Waals surface area contributed by atoms with E-state index >= 15 is 0 Å². The monoisotopic (exact) mass is 459 g/mol. The standard InChI is InChI=1S/C26H22FN3O2S/c1-25(28,24(31)32)12-11-16-7-8-18(19(27)15-16)22-29-20-9-10-21(30-23(20)33-22)26(13-14-26)17-5-3-2-4-6-17/h2-10,13-15H,11-12,28H2,1H3,(H,31,32)/t25-/m1/s1. The van der Waals surface area contributed by atoms with E-state index < -0.39 is 17.3 Å². The molecule has 0 bridgehead atoms. The first-order chi connectivity index (χ1) is 15.8. The highest BCUT2D eigenvalue weighted by Crippen LogP contribution is 2.45. The van der Waals surface area contributed by atoms with E-state index in [4.69, 9.17) is 15.8 Å². The Bertz CT molecular complexity index is 1390. The minimum absolute atomic E-state index is 0.214. The van der Waals surface area contributed by atoms with E-state index in [9.17, 15) is 9.18 Å². The number of aryl methyl sites for hydroxylation is 1. The van der Waals surface area contributed by atoms with Crippen molar-refractivity contribution in [1.82, 2.24) is 9.97 Å². The van der Waals surface area contributed by atoms with E-state index in [1.165, 1.54) is 29.9 Å². The van der Waals surface area contributed by atoms with Crippen LogP contribution in [0.2, 0.25) is 0 Å². The second-order valence-corrected chi connectivity index (χ2v) is 9.62. The Morgan fingerprint density at radius 2 is 1.88 bits per heavy atom. The van der Waals surface area contributed by atoms with E-state index in [2.05, 4.69) is 29.3 Å². The molecule has 166 valence electrons. The van der Waals surface area contributed by atoms with Crippen LogP contribution in [-0.2, 0) is 16.6 Å². The summed E-state index contributed by atoms with van der Waals surface area (Å²) in [5.74, 6) is -1.47. The quantitative estimate of drug-likeness (QED) is 0.376. The molecule has 5 nitrogen and oxygen atoms in total. The Morgan fingerprint density at radius 3 is 2.55 bits per heavy atom. The predicted molar refractivity (Wildman–Crippen MR) is 128 cm³/mol. The van der Waals surface area contributed by atoms with Gasteiger partial charge in [-0.25, -0.2) is 14.4 Å². The summed E-state index contributed by atoms with van der Waals surface area (Å²) in [6, 6.07) is 19.0. The van der Waals surface area contributed by atoms with Gasteiger partial charge in [-0.05, 0) is 55.2 Å². The molecular formula is C26H22FN3O2S. The third-order valence-corrected chi connectivity index (χ3v) is 7.11. The molecule has 7 heteroatoms. The van der Waals surface area contributed by atoms with E-state index in [0.717, 1.165) is 16.0 Å². The summed E-state index contributed by atoms with van der Waals surface area (Å²) in [6.07, 6.45) is 4.85. The number of carboxylic acid groups (broad SMARTS) is 1. The van der Waals surface area contributed by atoms with Crippen LogP contribution in [0.25, 0.3) is 20.9 Å². The number of benzene rings is 2. The van der Waals surface area contributed by atoms with Crippen LogP contribution in [0, 0.1) is 5.82 Å². The van der Waals surface area contributed by atoms with Gasteiger partial charge in [0, 0.05) is 5.56 Å². The summed E-state index contributed by atoms with van der Waals surface area (Å²) >= 11 is 1.36. The average molecular weight is 460 g/mol. The van der Waals surface area contributed by atoms with Gasteiger partial charge in [-0.2, -0.15) is 0 Å². The first kappa shape index (κ1) is 21.4. The number of pyridine rings is 1. The van der Waals surface area contributed by atoms with Crippen LogP contribution in [0.15, 0.2) is 72.8 Å². The maximum Gasteiger partial charge on any atom is 0.323 e. The zero-order valence-electron chi connectivity index (χ0n) is 18.0. The third-order valence-electron chi connectivity index (χ3n) is 6.12. The number of halogens is 1. The van der Waals surface area contributed by atoms with Crippen LogP contribution >= 0.6 is 11.3 Å². The summed E-state index contributed by atoms with van der Waals surface area (Å²) in [6.45, 7) is 1.46. The van der Waals surface area contributed by atoms with E-state index in [0.29, 0.717) is 22.6 Å². The molecule has 0 spiro atoms. The van der Waals surface area contributed by atoms with Crippen molar-refractivity contribution >= 4 is 27.7 Å². The van der Waals surface area contributed by atoms with Crippen LogP contribution in [-0.4, -0.2) is 26.6 Å². The summed E-state index contributed by atoms with van der Waals surface area (Å²) in [5, 5.41) is 9.72. The highest BCUT2D eigenvalue weighted by molar-refractivity contribution is 7.21. The van der Waals surface area contributed by atoms with Crippen molar-refractivity contribution in [2.75, 3.05) is 0 Å². The van der Waals surface area contributed by atoms with Gasteiger partial charge in [0.2, 0.25) is 0 Å². The normalized spacial score (nSPS) is 16.0. The number of nitrogens with two attached hydrogens (primary N) is 1. The van der Waals surface area contributed by atoms with Gasteiger partial charge in [-0.15, -0.1) is 0 Å². The summed E-state index contributed by atoms with van der Waals surface area (Å²) in [5.41, 5.74) is 8.07. The number of rotatable bonds is 7. The molecule has 0 amide bonds. The number of carboxylic acids is 1. The van der Waals surface area contributed by atoms with Gasteiger partial charge >= 0.3 is 5.97 Å². The van der Waals surface area contributed by atoms with Crippen LogP contribution < -0.4 is 5.73 Å². The van der Waals surface area contributed by atoms with Crippen molar-refractivity contribution in [3.05, 3.63) is 95.5 Å². The second kappa shape index (κ2) is 7.86. The predicted octanol–water partition coefficient (Wildman–Crippen LogP) is 5.09. The molecule has 3 N–H and O–H groups in total. The number of allylic oxidation sites excluding steroid dienone is 2. The SMILES string of the molecule is C[C@@](N)(CCc1ccc(-c2nc3ccc(C4(c5ccccc5)C=C4)nc3s2)c(F)c1)C(=O)O. The summed E-state index contributed by atoms with van der Waals surface area (Å²) < 4.78 is 14.9. The Balaban J connectivity index is 1.41. The fourth-order valence-corrected chi connectivity index (χ4v) is 4.83. The largest absolute Gasteiger partial charge is 0.480 e. The Kier molecular flexibility index (Phi) is 5.11. The second-order valence-electron chi connectivity index (χ2n) is 8.64. The maximum atomic E-state index is 14.9. The molecule has 4 aromatic rings. The maximum absolute atomic E-state index is 14.9. The number of hydrogen-bond donors (Lipinski definition) is 2. The molecule has 0 saturated heterocycles. The molecule has 0 fully saturated rings. The van der Waals surface area contributed by atoms with Gasteiger partial charge in [0.1, 0.15) is 26.7 Å². The third kappa shape index (κ3) is 3.94. The average Bonchev–Trinajstić information content (AvgIpc) is 3.51. The summed E-state index contributed by atoms with van der Waals surface area (Å²) in [4.78, 5) is 21.4. The lowest BCUT2D eigenvalue weighted by atomic mass is 9.89. The first-order valence-electron chi connectivity index (χ1n) is 10.6. The number of thiazole rings is 1. The number of aromatic nitrogens is 2. The molecule has 1 atom stereocenters. The highest BCUT2D eigenvalue weighted by atomic mass is 32.1. The topological polar surface area (TPSA) is 89.1 Å². The molecular weight excluding hydrogens is 437 g/mol. The molecule has 2 aromatic carbocycles. The molecule has 2 aromatic heterocycles. The van der Waals surface area contributed by atoms with Crippen LogP contribution in [0.5, 0.6) is 0 Å². The lowest BCUT2D eigenvalue weighted by molar-refractivity contribution is -0.142. The summed E-state index contributed by atoms with van der Waals surface area (Å²) in [7, 11) is 0. The lowest BCUT2D eigenvalue weighted by Gasteiger charge is -2.18. The zero-order chi connectivity index (χ0) is 23.2. The zero-order valence-corrected chi connectivity index (χ0v) is 18.8. The lowest BCUT2D eigenvalue weighted by Crippen LogP contribution is -2.45. The van der Waals surface area contributed by atoms with Crippen molar-refractivity contribution in [3.63, 3.8) is 0 Å². The van der Waals surface area contributed by atoms with E-state index in [-0.39, 0.29) is 11.8 Å². The number of fused-ring (bicyclic) bond motifs is 1. The van der Waals surface area contributed by atoms with E-state index in [1.54, 1.807) is 12.1 Å². The molecule has 1 aliphatic carbocycles. The molecule has 5 rings (SSSR count). The Hall–Kier alpha value is -3.42. The number of carbonyl (C=O) groups is 1. The van der Waals surface area contributed by atoms with Gasteiger partial charge in [-0.1, -0.05) is 59.9 Å². The minimum Gasteiger partial charge on any atom is -0.480 e. The Morgan fingerprint density at radius 1 is 1.12 bits per heavy atom. The van der Waals surface area contributed by atoms with Gasteiger partial charge in [0.05, 0.1) is 11.1 Å². The fraction of sp³-hybridized carbons (Fsp3) is 0.192. The number of hydrogen-bond acceptors (Lipinski definition) is 5. The van der Waals surface area contributed by atoms with Gasteiger partial charge in [-0.3, -0.25) is 4.79 Å². The number of aliphatic carboxylic acids is 1. The molecule has 0 radical (unpaired) electrons. The molecule has 0 saturated carbocycles. The van der Waals surface area contributed by atoms with Crippen molar-refractivity contribution in [2.45, 2.75) is 30.7 Å². The van der Waals surface area contributed by atoms with Crippen molar-refractivity contribution in [1.29, 1.82) is 0 Å². The number of nitrogens with zero attached hydrogens (tertiary/aromatic N) is 2. The van der Waals surface area contributed by atoms with Gasteiger partial charge < -0.3 is 10.8 Å². The van der Waals surface area contributed by atoms with Crippen LogP contribution in [0.4, 0.5) is 4.39 Å². The van der Waals surface area contributed by atoms with E-state index in [1.807, 2.05) is 30.3 Å². The Labute approximate surface area is 194 Å². The highest BCUT2D eigenvalue weighted by Gasteiger charge is 2.39. The van der Waals surface area contributed by atoms with Crippen LogP contribution in [0.1, 0.15) is 30.2 Å². The smallest absolute Gasteiger partial charge is 0.323 e. The first-order valence-corrected chi connectivity index (χ1v) is 11.5. The molecule has 33 heavy (non-hydrogen) atoms. The van der Waals surface area contributed by atoms with Crippen molar-refractivity contribution < 1.29 is 14.3 Å². The fourth-order valence-electron chi connectivity index (χ4n) is 3.87. The van der Waals surface area contributed by atoms with Crippen LogP contribution in [0.3, 0.4) is 0 Å². The molecule has 2 heterocycles. The molecule has 0 unspecified atom stereocenters. The molecule has 0 aliphatic heterocycles. The molecule has 1 aliphatic rings.